The van der Waals surface area contributed by atoms with Gasteiger partial charge < -0.3 is 4.74 Å². The van der Waals surface area contributed by atoms with Crippen LogP contribution in [-0.4, -0.2) is 28.7 Å². The predicted octanol–water partition coefficient (Wildman–Crippen LogP) is 6.50. The largest absolute Gasteiger partial charge is 0.348 e. The molecule has 7 rings (SSSR count). The van der Waals surface area contributed by atoms with Crippen molar-refractivity contribution in [2.75, 3.05) is 0 Å². The van der Waals surface area contributed by atoms with Crippen LogP contribution in [0.2, 0.25) is 0 Å². The van der Waals surface area contributed by atoms with Crippen LogP contribution >= 0.6 is 15.9 Å². The fraction of sp³-hybridized carbons (Fsp3) is 0.152. The molecule has 190 valence electrons. The normalized spacial score (nSPS) is 22.1. The van der Waals surface area contributed by atoms with Crippen LogP contribution in [0.5, 0.6) is 0 Å². The molecule has 4 aromatic carbocycles. The van der Waals surface area contributed by atoms with E-state index in [1.54, 1.807) is 78.9 Å². The Kier molecular flexibility index (Phi) is 5.09. The lowest BCUT2D eigenvalue weighted by molar-refractivity contribution is -0.0210. The van der Waals surface area contributed by atoms with Crippen LogP contribution in [0, 0.1) is 12.3 Å². The second kappa shape index (κ2) is 8.25. The molecule has 5 nitrogen and oxygen atoms in total. The minimum atomic E-state index is -2.08. The molecule has 6 heteroatoms. The van der Waals surface area contributed by atoms with Gasteiger partial charge in [-0.1, -0.05) is 106 Å². The number of fused-ring (bicyclic) bond motifs is 2. The van der Waals surface area contributed by atoms with Crippen molar-refractivity contribution in [3.8, 4) is 0 Å². The molecule has 0 amide bonds. The Morgan fingerprint density at radius 1 is 0.615 bits per heavy atom. The van der Waals surface area contributed by atoms with E-state index in [-0.39, 0.29) is 22.3 Å². The summed E-state index contributed by atoms with van der Waals surface area (Å²) in [6.07, 6.45) is -1.17. The number of hydrogen-bond acceptors (Lipinski definition) is 5. The van der Waals surface area contributed by atoms with E-state index < -0.39 is 46.2 Å². The minimum Gasteiger partial charge on any atom is -0.348 e. The van der Waals surface area contributed by atoms with Crippen molar-refractivity contribution in [3.63, 3.8) is 0 Å². The first-order valence-electron chi connectivity index (χ1n) is 12.7. The Morgan fingerprint density at radius 3 is 1.64 bits per heavy atom. The van der Waals surface area contributed by atoms with Crippen LogP contribution in [-0.2, 0) is 4.74 Å². The van der Waals surface area contributed by atoms with Gasteiger partial charge in [0.2, 0.25) is 17.2 Å². The molecule has 3 aliphatic rings. The van der Waals surface area contributed by atoms with Gasteiger partial charge in [0.1, 0.15) is 11.5 Å². The van der Waals surface area contributed by atoms with E-state index in [1.807, 2.05) is 25.1 Å². The molecule has 1 fully saturated rings. The molecule has 1 saturated heterocycles. The smallest absolute Gasteiger partial charge is 0.204 e. The lowest BCUT2D eigenvalue weighted by atomic mass is 9.60. The maximum Gasteiger partial charge on any atom is 0.204 e. The lowest BCUT2D eigenvalue weighted by Crippen LogP contribution is -2.51. The molecule has 0 radical (unpaired) electrons. The van der Waals surface area contributed by atoms with Gasteiger partial charge >= 0.3 is 0 Å². The molecule has 2 atom stereocenters. The monoisotopic (exact) mass is 576 g/mol. The minimum absolute atomic E-state index is 0.236. The lowest BCUT2D eigenvalue weighted by Gasteiger charge is -2.34. The summed E-state index contributed by atoms with van der Waals surface area (Å²) in [6, 6.07) is 27.7. The zero-order valence-corrected chi connectivity index (χ0v) is 22.4. The number of aryl methyl sites for hydroxylation is 1. The Balaban J connectivity index is 1.60. The predicted molar refractivity (Wildman–Crippen MR) is 147 cm³/mol. The fourth-order valence-electron chi connectivity index (χ4n) is 6.82. The second-order valence-electron chi connectivity index (χ2n) is 10.4. The van der Waals surface area contributed by atoms with E-state index in [2.05, 4.69) is 15.9 Å². The molecule has 2 aliphatic carbocycles. The maximum atomic E-state index is 14.6. The van der Waals surface area contributed by atoms with Crippen molar-refractivity contribution in [1.82, 2.24) is 0 Å². The van der Waals surface area contributed by atoms with Crippen molar-refractivity contribution in [2.24, 2.45) is 5.41 Å². The molecule has 0 N–H and O–H groups in total. The number of ether oxygens (including phenoxy) is 1. The highest BCUT2D eigenvalue weighted by Crippen LogP contribution is 2.67. The van der Waals surface area contributed by atoms with E-state index in [9.17, 15) is 19.2 Å². The number of carbonyl (C=O) groups is 4. The Hall–Kier alpha value is -4.00. The third kappa shape index (κ3) is 2.93. The zero-order valence-electron chi connectivity index (χ0n) is 20.8. The summed E-state index contributed by atoms with van der Waals surface area (Å²) in [6.45, 7) is 1.90. The van der Waals surface area contributed by atoms with E-state index >= 15 is 0 Å². The molecule has 0 aromatic heterocycles. The van der Waals surface area contributed by atoms with E-state index in [0.29, 0.717) is 11.1 Å². The molecular formula is C33H21BrO5. The highest BCUT2D eigenvalue weighted by atomic mass is 79.9. The van der Waals surface area contributed by atoms with Crippen LogP contribution in [0.1, 0.15) is 70.1 Å². The fourth-order valence-corrected chi connectivity index (χ4v) is 7.08. The van der Waals surface area contributed by atoms with Crippen molar-refractivity contribution < 1.29 is 23.9 Å². The first-order chi connectivity index (χ1) is 18.8. The number of Topliss-reactive ketones (excluding diaryl/α,β-unsaturated/α-hetero) is 4. The number of rotatable bonds is 2. The van der Waals surface area contributed by atoms with Crippen LogP contribution in [0.15, 0.2) is 102 Å². The molecule has 1 heterocycles. The van der Waals surface area contributed by atoms with Gasteiger partial charge in [-0.05, 0) is 30.2 Å². The number of halogens is 1. The van der Waals surface area contributed by atoms with Gasteiger partial charge in [-0.25, -0.2) is 0 Å². The topological polar surface area (TPSA) is 77.5 Å². The molecule has 0 saturated carbocycles. The zero-order chi connectivity index (χ0) is 27.1. The van der Waals surface area contributed by atoms with E-state index in [4.69, 9.17) is 4.74 Å². The number of ketones is 4. The van der Waals surface area contributed by atoms with Gasteiger partial charge in [0, 0.05) is 26.7 Å². The molecule has 0 unspecified atom stereocenters. The van der Waals surface area contributed by atoms with Gasteiger partial charge in [-0.3, -0.25) is 19.2 Å². The third-order valence-electron chi connectivity index (χ3n) is 8.39. The Bertz CT molecular complexity index is 1680. The molecule has 2 spiro atoms. The summed E-state index contributed by atoms with van der Waals surface area (Å²) < 4.78 is 7.49. The summed E-state index contributed by atoms with van der Waals surface area (Å²) in [5.41, 5.74) is -0.942. The maximum absolute atomic E-state index is 14.6. The van der Waals surface area contributed by atoms with E-state index in [0.717, 1.165) is 10.0 Å². The highest BCUT2D eigenvalue weighted by molar-refractivity contribution is 9.10. The van der Waals surface area contributed by atoms with Crippen LogP contribution < -0.4 is 0 Å². The van der Waals surface area contributed by atoms with Gasteiger partial charge in [-0.15, -0.1) is 0 Å². The average Bonchev–Trinajstić information content (AvgIpc) is 3.48. The van der Waals surface area contributed by atoms with Gasteiger partial charge in [0.25, 0.3) is 0 Å². The molecule has 4 aromatic rings. The SMILES string of the molecule is Cc1cccc([C@@H]2OC3(C(=O)c4ccccc4C3=O)[C@@H](c3ccc(Br)cc3)C23C(=O)c2ccccc2C3=O)c1. The highest BCUT2D eigenvalue weighted by Gasteiger charge is 2.79. The van der Waals surface area contributed by atoms with E-state index in [1.165, 1.54) is 0 Å². The first kappa shape index (κ1) is 24.1. The molecular weight excluding hydrogens is 556 g/mol. The average molecular weight is 577 g/mol. The number of carbonyl (C=O) groups excluding carboxylic acids is 4. The summed E-state index contributed by atoms with van der Waals surface area (Å²) in [5.74, 6) is -3.11. The number of benzene rings is 4. The quantitative estimate of drug-likeness (QED) is 0.255. The Morgan fingerprint density at radius 2 is 1.13 bits per heavy atom. The van der Waals surface area contributed by atoms with Gasteiger partial charge in [-0.2, -0.15) is 0 Å². The second-order valence-corrected chi connectivity index (χ2v) is 11.3. The summed E-state index contributed by atoms with van der Waals surface area (Å²) in [7, 11) is 0. The molecule has 0 bridgehead atoms. The van der Waals surface area contributed by atoms with Crippen molar-refractivity contribution in [3.05, 3.63) is 140 Å². The van der Waals surface area contributed by atoms with Crippen LogP contribution in [0.3, 0.4) is 0 Å². The molecule has 1 aliphatic heterocycles. The Labute approximate surface area is 232 Å². The number of hydrogen-bond donors (Lipinski definition) is 0. The van der Waals surface area contributed by atoms with Crippen molar-refractivity contribution in [2.45, 2.75) is 24.5 Å². The van der Waals surface area contributed by atoms with Gasteiger partial charge in [0.15, 0.2) is 11.6 Å². The first-order valence-corrected chi connectivity index (χ1v) is 13.5. The van der Waals surface area contributed by atoms with Crippen LogP contribution in [0.4, 0.5) is 0 Å². The molecule has 39 heavy (non-hydrogen) atoms. The standard InChI is InChI=1S/C33H21BrO5/c1-18-7-6-8-20(17-18)31-32(27(35)22-9-2-3-10-23(22)28(32)36)26(19-13-15-21(34)16-14-19)33(39-31)29(37)24-11-4-5-12-25(24)30(33)38/h2-17,26,31H,1H3/t26-,31-/m0/s1. The summed E-state index contributed by atoms with van der Waals surface area (Å²) >= 11 is 3.46. The van der Waals surface area contributed by atoms with Gasteiger partial charge in [0.05, 0.1) is 5.92 Å². The van der Waals surface area contributed by atoms with Crippen molar-refractivity contribution in [1.29, 1.82) is 0 Å². The third-order valence-corrected chi connectivity index (χ3v) is 8.91. The summed E-state index contributed by atoms with van der Waals surface area (Å²) in [5, 5.41) is 0. The van der Waals surface area contributed by atoms with Crippen molar-refractivity contribution >= 4 is 39.1 Å². The summed E-state index contributed by atoms with van der Waals surface area (Å²) in [4.78, 5) is 58.0. The van der Waals surface area contributed by atoms with Crippen LogP contribution in [0.25, 0.3) is 0 Å².